The molecule has 112 valence electrons. The highest BCUT2D eigenvalue weighted by molar-refractivity contribution is 9.10. The van der Waals surface area contributed by atoms with Gasteiger partial charge >= 0.3 is 0 Å². The third kappa shape index (κ3) is 3.79. The maximum Gasteiger partial charge on any atom is 0.0675 e. The van der Waals surface area contributed by atoms with Gasteiger partial charge in [0.1, 0.15) is 0 Å². The lowest BCUT2D eigenvalue weighted by atomic mass is 10.0. The van der Waals surface area contributed by atoms with Crippen LogP contribution in [0.25, 0.3) is 0 Å². The molecule has 0 aliphatic heterocycles. The number of nitrogens with two attached hydrogens (primary N) is 1. The SMILES string of the molecule is CCN(c1cccc(C)c1)C(CN)c1ccc(Cl)cc1Br. The van der Waals surface area contributed by atoms with Crippen LogP contribution in [0, 0.1) is 6.92 Å². The van der Waals surface area contributed by atoms with E-state index < -0.39 is 0 Å². The molecule has 1 unspecified atom stereocenters. The molecule has 0 amide bonds. The smallest absolute Gasteiger partial charge is 0.0675 e. The summed E-state index contributed by atoms with van der Waals surface area (Å²) in [4.78, 5) is 2.32. The zero-order valence-corrected chi connectivity index (χ0v) is 14.7. The van der Waals surface area contributed by atoms with Crippen LogP contribution in [0.5, 0.6) is 0 Å². The first kappa shape index (κ1) is 16.3. The summed E-state index contributed by atoms with van der Waals surface area (Å²) in [5.74, 6) is 0. The zero-order valence-electron chi connectivity index (χ0n) is 12.3. The normalized spacial score (nSPS) is 12.2. The molecule has 0 fully saturated rings. The van der Waals surface area contributed by atoms with Crippen LogP contribution >= 0.6 is 27.5 Å². The van der Waals surface area contributed by atoms with Gasteiger partial charge in [-0.3, -0.25) is 0 Å². The van der Waals surface area contributed by atoms with E-state index in [-0.39, 0.29) is 6.04 Å². The number of halogens is 2. The second-order valence-electron chi connectivity index (χ2n) is 5.04. The number of benzene rings is 2. The second-order valence-corrected chi connectivity index (χ2v) is 6.33. The Kier molecular flexibility index (Phi) is 5.68. The van der Waals surface area contributed by atoms with Crippen molar-refractivity contribution < 1.29 is 0 Å². The van der Waals surface area contributed by atoms with Gasteiger partial charge in [-0.15, -0.1) is 0 Å². The van der Waals surface area contributed by atoms with Crippen LogP contribution in [0.2, 0.25) is 5.02 Å². The van der Waals surface area contributed by atoms with Crippen molar-refractivity contribution in [3.8, 4) is 0 Å². The van der Waals surface area contributed by atoms with E-state index in [0.717, 1.165) is 21.6 Å². The standard InChI is InChI=1S/C17H20BrClN2/c1-3-21(14-6-4-5-12(2)9-14)17(11-20)15-8-7-13(19)10-16(15)18/h4-10,17H,3,11,20H2,1-2H3. The molecular formula is C17H20BrClN2. The molecule has 0 bridgehead atoms. The van der Waals surface area contributed by atoms with Crippen molar-refractivity contribution in [3.63, 3.8) is 0 Å². The third-order valence-corrected chi connectivity index (χ3v) is 4.52. The minimum Gasteiger partial charge on any atom is -0.363 e. The first-order valence-corrected chi connectivity index (χ1v) is 8.22. The number of aryl methyl sites for hydroxylation is 1. The fourth-order valence-corrected chi connectivity index (χ4v) is 3.53. The predicted molar refractivity (Wildman–Crippen MR) is 95.1 cm³/mol. The Morgan fingerprint density at radius 3 is 2.57 bits per heavy atom. The van der Waals surface area contributed by atoms with Gasteiger partial charge in [0, 0.05) is 28.3 Å². The first-order chi connectivity index (χ1) is 10.1. The van der Waals surface area contributed by atoms with Crippen LogP contribution < -0.4 is 10.6 Å². The van der Waals surface area contributed by atoms with Crippen molar-refractivity contribution in [1.82, 2.24) is 0 Å². The fourth-order valence-electron chi connectivity index (χ4n) is 2.58. The van der Waals surface area contributed by atoms with Crippen LogP contribution in [-0.2, 0) is 0 Å². The molecule has 0 aromatic heterocycles. The summed E-state index contributed by atoms with van der Waals surface area (Å²) < 4.78 is 0.997. The van der Waals surface area contributed by atoms with E-state index in [2.05, 4.69) is 58.9 Å². The average molecular weight is 368 g/mol. The van der Waals surface area contributed by atoms with Crippen molar-refractivity contribution in [3.05, 3.63) is 63.1 Å². The number of likely N-dealkylation sites (N-methyl/N-ethyl adjacent to an activating group) is 1. The van der Waals surface area contributed by atoms with Crippen molar-refractivity contribution in [2.45, 2.75) is 19.9 Å². The van der Waals surface area contributed by atoms with Gasteiger partial charge in [0.25, 0.3) is 0 Å². The number of hydrogen-bond donors (Lipinski definition) is 1. The van der Waals surface area contributed by atoms with Crippen molar-refractivity contribution in [1.29, 1.82) is 0 Å². The molecule has 2 rings (SSSR count). The first-order valence-electron chi connectivity index (χ1n) is 7.05. The highest BCUT2D eigenvalue weighted by Crippen LogP contribution is 2.32. The predicted octanol–water partition coefficient (Wildman–Crippen LogP) is 4.94. The van der Waals surface area contributed by atoms with Gasteiger partial charge in [0.05, 0.1) is 6.04 Å². The molecule has 21 heavy (non-hydrogen) atoms. The van der Waals surface area contributed by atoms with Crippen LogP contribution in [-0.4, -0.2) is 13.1 Å². The van der Waals surface area contributed by atoms with E-state index in [1.807, 2.05) is 18.2 Å². The Morgan fingerprint density at radius 2 is 2.00 bits per heavy atom. The lowest BCUT2D eigenvalue weighted by Crippen LogP contribution is -2.34. The van der Waals surface area contributed by atoms with Crippen molar-refractivity contribution >= 4 is 33.2 Å². The molecule has 0 saturated heterocycles. The summed E-state index contributed by atoms with van der Waals surface area (Å²) >= 11 is 9.65. The van der Waals surface area contributed by atoms with Gasteiger partial charge in [0.2, 0.25) is 0 Å². The Labute approximate surface area is 140 Å². The van der Waals surface area contributed by atoms with Crippen molar-refractivity contribution in [2.24, 2.45) is 5.73 Å². The van der Waals surface area contributed by atoms with Crippen molar-refractivity contribution in [2.75, 3.05) is 18.0 Å². The quantitative estimate of drug-likeness (QED) is 0.811. The molecule has 2 nitrogen and oxygen atoms in total. The molecule has 2 N–H and O–H groups in total. The van der Waals surface area contributed by atoms with E-state index in [1.54, 1.807) is 0 Å². The molecular weight excluding hydrogens is 348 g/mol. The summed E-state index contributed by atoms with van der Waals surface area (Å²) in [6.45, 7) is 5.68. The summed E-state index contributed by atoms with van der Waals surface area (Å²) in [6.07, 6.45) is 0. The molecule has 0 aliphatic carbocycles. The minimum atomic E-state index is 0.114. The largest absolute Gasteiger partial charge is 0.363 e. The molecule has 1 atom stereocenters. The van der Waals surface area contributed by atoms with Crippen LogP contribution in [0.15, 0.2) is 46.9 Å². The lowest BCUT2D eigenvalue weighted by molar-refractivity contribution is 0.641. The third-order valence-electron chi connectivity index (χ3n) is 3.59. The lowest BCUT2D eigenvalue weighted by Gasteiger charge is -2.33. The molecule has 0 aliphatic rings. The number of hydrogen-bond acceptors (Lipinski definition) is 2. The minimum absolute atomic E-state index is 0.114. The maximum absolute atomic E-state index is 6.07. The summed E-state index contributed by atoms with van der Waals surface area (Å²) in [6, 6.07) is 14.5. The van der Waals surface area contributed by atoms with Crippen LogP contribution in [0.3, 0.4) is 0 Å². The molecule has 4 heteroatoms. The molecule has 0 spiro atoms. The van der Waals surface area contributed by atoms with Gasteiger partial charge in [-0.2, -0.15) is 0 Å². The number of rotatable bonds is 5. The summed E-state index contributed by atoms with van der Waals surface area (Å²) in [5.41, 5.74) is 9.66. The highest BCUT2D eigenvalue weighted by atomic mass is 79.9. The van der Waals surface area contributed by atoms with E-state index in [0.29, 0.717) is 6.54 Å². The Balaban J connectivity index is 2.42. The Hall–Kier alpha value is -1.03. The van der Waals surface area contributed by atoms with Gasteiger partial charge < -0.3 is 10.6 Å². The molecule has 2 aromatic carbocycles. The van der Waals surface area contributed by atoms with Crippen LogP contribution in [0.1, 0.15) is 24.1 Å². The molecule has 0 heterocycles. The van der Waals surface area contributed by atoms with Gasteiger partial charge in [-0.25, -0.2) is 0 Å². The summed E-state index contributed by atoms with van der Waals surface area (Å²) in [5, 5.41) is 0.722. The monoisotopic (exact) mass is 366 g/mol. The fraction of sp³-hybridized carbons (Fsp3) is 0.294. The molecule has 2 aromatic rings. The van der Waals surface area contributed by atoms with E-state index in [9.17, 15) is 0 Å². The second kappa shape index (κ2) is 7.30. The van der Waals surface area contributed by atoms with E-state index in [1.165, 1.54) is 11.3 Å². The average Bonchev–Trinajstić information content (AvgIpc) is 2.45. The summed E-state index contributed by atoms with van der Waals surface area (Å²) in [7, 11) is 0. The number of anilines is 1. The Bertz CT molecular complexity index is 615. The topological polar surface area (TPSA) is 29.3 Å². The van der Waals surface area contributed by atoms with Gasteiger partial charge in [0.15, 0.2) is 0 Å². The zero-order chi connectivity index (χ0) is 15.4. The maximum atomic E-state index is 6.07. The van der Waals surface area contributed by atoms with E-state index >= 15 is 0 Å². The molecule has 0 radical (unpaired) electrons. The van der Waals surface area contributed by atoms with Gasteiger partial charge in [-0.05, 0) is 49.2 Å². The van der Waals surface area contributed by atoms with E-state index in [4.69, 9.17) is 17.3 Å². The van der Waals surface area contributed by atoms with Crippen LogP contribution in [0.4, 0.5) is 5.69 Å². The molecule has 0 saturated carbocycles. The highest BCUT2D eigenvalue weighted by Gasteiger charge is 2.20. The van der Waals surface area contributed by atoms with Gasteiger partial charge in [-0.1, -0.05) is 45.7 Å². The Morgan fingerprint density at radius 1 is 1.24 bits per heavy atom. The number of nitrogens with zero attached hydrogens (tertiary/aromatic N) is 1.